The lowest BCUT2D eigenvalue weighted by atomic mass is 10.1. The van der Waals surface area contributed by atoms with E-state index in [9.17, 15) is 9.59 Å². The van der Waals surface area contributed by atoms with Gasteiger partial charge in [0.05, 0.1) is 5.56 Å². The first-order valence-corrected chi connectivity index (χ1v) is 6.33. The first-order chi connectivity index (χ1) is 8.97. The van der Waals surface area contributed by atoms with E-state index in [1.807, 2.05) is 0 Å². The van der Waals surface area contributed by atoms with Gasteiger partial charge in [0, 0.05) is 30.3 Å². The molecule has 1 atom stereocenters. The van der Waals surface area contributed by atoms with Crippen LogP contribution in [0.3, 0.4) is 0 Å². The lowest BCUT2D eigenvalue weighted by Gasteiger charge is -2.17. The van der Waals surface area contributed by atoms with Gasteiger partial charge in [-0.1, -0.05) is 6.07 Å². The third kappa shape index (κ3) is 4.22. The molecular formula is C12H15BrN2O4. The normalized spacial score (nSPS) is 11.9. The van der Waals surface area contributed by atoms with Crippen LogP contribution in [0.2, 0.25) is 0 Å². The largest absolute Gasteiger partial charge is 0.480 e. The topological polar surface area (TPSA) is 102 Å². The third-order valence-electron chi connectivity index (χ3n) is 2.50. The molecule has 0 aliphatic heterocycles. The number of carbonyl (C=O) groups is 2. The number of benzene rings is 1. The second-order valence-corrected chi connectivity index (χ2v) is 4.70. The molecular weight excluding hydrogens is 316 g/mol. The quantitative estimate of drug-likeness (QED) is 0.702. The molecule has 7 heteroatoms. The fourth-order valence-electron chi connectivity index (χ4n) is 1.58. The molecule has 6 nitrogen and oxygen atoms in total. The summed E-state index contributed by atoms with van der Waals surface area (Å²) in [6.45, 7) is 0.296. The Kier molecular flexibility index (Phi) is 5.78. The summed E-state index contributed by atoms with van der Waals surface area (Å²) < 4.78 is 5.37. The number of hydrogen-bond donors (Lipinski definition) is 3. The highest BCUT2D eigenvalue weighted by Gasteiger charge is 2.20. The maximum atomic E-state index is 11.4. The number of halogens is 1. The highest BCUT2D eigenvalue weighted by Crippen LogP contribution is 2.25. The molecule has 1 amide bonds. The summed E-state index contributed by atoms with van der Waals surface area (Å²) in [6.07, 6.45) is 0.274. The van der Waals surface area contributed by atoms with E-state index in [0.29, 0.717) is 16.8 Å². The Hall–Kier alpha value is -1.60. The summed E-state index contributed by atoms with van der Waals surface area (Å²) in [6, 6.07) is 4.10. The Morgan fingerprint density at radius 2 is 2.21 bits per heavy atom. The minimum absolute atomic E-state index is 0.228. The molecule has 1 aromatic carbocycles. The Bertz CT molecular complexity index is 479. The molecule has 0 heterocycles. The molecule has 1 aromatic rings. The molecule has 104 valence electrons. The fraction of sp³-hybridized carbons (Fsp3) is 0.333. The first-order valence-electron chi connectivity index (χ1n) is 5.54. The summed E-state index contributed by atoms with van der Waals surface area (Å²) in [7, 11) is 1.49. The summed E-state index contributed by atoms with van der Waals surface area (Å²) in [5.74, 6) is -1.65. The number of primary amides is 1. The van der Waals surface area contributed by atoms with Gasteiger partial charge in [-0.25, -0.2) is 4.79 Å². The number of aliphatic carboxylic acids is 1. The molecule has 19 heavy (non-hydrogen) atoms. The van der Waals surface area contributed by atoms with Crippen molar-refractivity contribution in [3.05, 3.63) is 28.2 Å². The molecule has 0 saturated heterocycles. The first kappa shape index (κ1) is 15.5. The van der Waals surface area contributed by atoms with Crippen molar-refractivity contribution in [2.45, 2.75) is 12.5 Å². The van der Waals surface area contributed by atoms with Gasteiger partial charge in [-0.2, -0.15) is 0 Å². The van der Waals surface area contributed by atoms with Crippen molar-refractivity contribution in [2.24, 2.45) is 5.73 Å². The van der Waals surface area contributed by atoms with Crippen LogP contribution in [0.15, 0.2) is 22.7 Å². The van der Waals surface area contributed by atoms with Gasteiger partial charge in [0.15, 0.2) is 0 Å². The molecule has 4 N–H and O–H groups in total. The number of nitrogens with two attached hydrogens (primary N) is 1. The van der Waals surface area contributed by atoms with Crippen LogP contribution in [-0.4, -0.2) is 36.7 Å². The van der Waals surface area contributed by atoms with Crippen LogP contribution in [-0.2, 0) is 9.53 Å². The van der Waals surface area contributed by atoms with E-state index in [0.717, 1.165) is 0 Å². The van der Waals surface area contributed by atoms with Crippen LogP contribution in [0.25, 0.3) is 0 Å². The van der Waals surface area contributed by atoms with E-state index >= 15 is 0 Å². The van der Waals surface area contributed by atoms with Crippen molar-refractivity contribution in [1.82, 2.24) is 0 Å². The van der Waals surface area contributed by atoms with E-state index < -0.39 is 17.9 Å². The summed E-state index contributed by atoms with van der Waals surface area (Å²) in [5, 5.41) is 11.9. The lowest BCUT2D eigenvalue weighted by molar-refractivity contribution is -0.138. The van der Waals surface area contributed by atoms with Gasteiger partial charge < -0.3 is 20.9 Å². The zero-order valence-electron chi connectivity index (χ0n) is 10.4. The van der Waals surface area contributed by atoms with Crippen LogP contribution in [0.5, 0.6) is 0 Å². The van der Waals surface area contributed by atoms with Crippen LogP contribution >= 0.6 is 15.9 Å². The number of nitrogens with one attached hydrogen (secondary N) is 1. The molecule has 0 saturated carbocycles. The molecule has 0 radical (unpaired) electrons. The van der Waals surface area contributed by atoms with Gasteiger partial charge in [0.1, 0.15) is 6.04 Å². The maximum absolute atomic E-state index is 11.4. The fourth-order valence-corrected chi connectivity index (χ4v) is 2.14. The molecule has 0 spiro atoms. The van der Waals surface area contributed by atoms with Crippen LogP contribution < -0.4 is 11.1 Å². The number of amides is 1. The zero-order chi connectivity index (χ0) is 14.4. The number of methoxy groups -OCH3 is 1. The third-order valence-corrected chi connectivity index (χ3v) is 3.16. The number of rotatable bonds is 7. The number of carboxylic acids is 1. The molecule has 1 unspecified atom stereocenters. The molecule has 0 bridgehead atoms. The molecule has 0 aromatic heterocycles. The Labute approximate surface area is 119 Å². The number of carboxylic acid groups (broad SMARTS) is 1. The van der Waals surface area contributed by atoms with Crippen molar-refractivity contribution in [2.75, 3.05) is 19.0 Å². The standard InChI is InChI=1S/C12H15BrN2O4/c1-19-6-5-9(12(17)18)15-8-4-2-3-7(13)10(8)11(14)16/h2-4,9,15H,5-6H2,1H3,(H2,14,16)(H,17,18). The van der Waals surface area contributed by atoms with Crippen molar-refractivity contribution < 1.29 is 19.4 Å². The number of anilines is 1. The van der Waals surface area contributed by atoms with E-state index in [-0.39, 0.29) is 12.0 Å². The Morgan fingerprint density at radius 1 is 1.53 bits per heavy atom. The number of carbonyl (C=O) groups excluding carboxylic acids is 1. The summed E-state index contributed by atoms with van der Waals surface area (Å²) in [4.78, 5) is 22.5. The van der Waals surface area contributed by atoms with Gasteiger partial charge in [-0.05, 0) is 28.1 Å². The smallest absolute Gasteiger partial charge is 0.326 e. The van der Waals surface area contributed by atoms with Crippen molar-refractivity contribution in [1.29, 1.82) is 0 Å². The predicted octanol–water partition coefficient (Wildman–Crippen LogP) is 1.45. The molecule has 1 rings (SSSR count). The van der Waals surface area contributed by atoms with Crippen LogP contribution in [0.1, 0.15) is 16.8 Å². The van der Waals surface area contributed by atoms with Crippen molar-refractivity contribution in [3.8, 4) is 0 Å². The Balaban J connectivity index is 2.99. The van der Waals surface area contributed by atoms with Crippen molar-refractivity contribution >= 4 is 33.5 Å². The van der Waals surface area contributed by atoms with Gasteiger partial charge in [-0.3, -0.25) is 4.79 Å². The molecule has 0 aliphatic rings. The van der Waals surface area contributed by atoms with Gasteiger partial charge >= 0.3 is 5.97 Å². The molecule has 0 aliphatic carbocycles. The summed E-state index contributed by atoms with van der Waals surface area (Å²) >= 11 is 3.21. The van der Waals surface area contributed by atoms with Gasteiger partial charge in [0.2, 0.25) is 0 Å². The van der Waals surface area contributed by atoms with Crippen molar-refractivity contribution in [3.63, 3.8) is 0 Å². The van der Waals surface area contributed by atoms with E-state index in [2.05, 4.69) is 21.2 Å². The van der Waals surface area contributed by atoms with Crippen LogP contribution in [0.4, 0.5) is 5.69 Å². The highest BCUT2D eigenvalue weighted by atomic mass is 79.9. The zero-order valence-corrected chi connectivity index (χ0v) is 11.9. The second kappa shape index (κ2) is 7.10. The molecule has 0 fully saturated rings. The predicted molar refractivity (Wildman–Crippen MR) is 74.2 cm³/mol. The van der Waals surface area contributed by atoms with Gasteiger partial charge in [-0.15, -0.1) is 0 Å². The highest BCUT2D eigenvalue weighted by molar-refractivity contribution is 9.10. The lowest BCUT2D eigenvalue weighted by Crippen LogP contribution is -2.31. The van der Waals surface area contributed by atoms with E-state index in [1.165, 1.54) is 7.11 Å². The second-order valence-electron chi connectivity index (χ2n) is 3.84. The monoisotopic (exact) mass is 330 g/mol. The average Bonchev–Trinajstić information content (AvgIpc) is 2.33. The minimum atomic E-state index is -1.02. The van der Waals surface area contributed by atoms with E-state index in [4.69, 9.17) is 15.6 Å². The average molecular weight is 331 g/mol. The maximum Gasteiger partial charge on any atom is 0.326 e. The van der Waals surface area contributed by atoms with E-state index in [1.54, 1.807) is 18.2 Å². The summed E-state index contributed by atoms with van der Waals surface area (Å²) in [5.41, 5.74) is 5.89. The Morgan fingerprint density at radius 3 is 2.74 bits per heavy atom. The van der Waals surface area contributed by atoms with Gasteiger partial charge in [0.25, 0.3) is 5.91 Å². The van der Waals surface area contributed by atoms with Crippen LogP contribution in [0, 0.1) is 0 Å². The number of hydrogen-bond acceptors (Lipinski definition) is 4. The number of ether oxygens (including phenoxy) is 1. The minimum Gasteiger partial charge on any atom is -0.480 e. The SMILES string of the molecule is COCCC(Nc1cccc(Br)c1C(N)=O)C(=O)O.